The van der Waals surface area contributed by atoms with E-state index in [9.17, 15) is 18.4 Å². The minimum Gasteiger partial charge on any atom is -0.481 e. The second kappa shape index (κ2) is 9.35. The van der Waals surface area contributed by atoms with Gasteiger partial charge in [-0.15, -0.1) is 11.3 Å². The van der Waals surface area contributed by atoms with Gasteiger partial charge >= 0.3 is 5.97 Å². The number of carbonyl (C=O) groups excluding carboxylic acids is 2. The highest BCUT2D eigenvalue weighted by atomic mass is 32.1. The third kappa shape index (κ3) is 4.93. The molecule has 1 aliphatic rings. The van der Waals surface area contributed by atoms with E-state index in [2.05, 4.69) is 12.2 Å². The lowest BCUT2D eigenvalue weighted by atomic mass is 9.85. The normalized spacial score (nSPS) is 15.5. The molecule has 0 spiro atoms. The molecule has 1 N–H and O–H groups in total. The van der Waals surface area contributed by atoms with E-state index in [0.29, 0.717) is 22.5 Å². The average Bonchev–Trinajstić information content (AvgIpc) is 3.04. The first-order chi connectivity index (χ1) is 13.9. The molecule has 0 unspecified atom stereocenters. The molecule has 0 fully saturated rings. The van der Waals surface area contributed by atoms with Crippen LogP contribution in [0.15, 0.2) is 18.2 Å². The quantitative estimate of drug-likeness (QED) is 0.654. The van der Waals surface area contributed by atoms with E-state index >= 15 is 0 Å². The second-order valence-corrected chi connectivity index (χ2v) is 7.96. The number of carbonyl (C=O) groups is 2. The first kappa shape index (κ1) is 21.2. The van der Waals surface area contributed by atoms with Crippen LogP contribution in [0.3, 0.4) is 0 Å². The van der Waals surface area contributed by atoms with Crippen molar-refractivity contribution in [2.45, 2.75) is 39.5 Å². The average molecular weight is 423 g/mol. The van der Waals surface area contributed by atoms with Crippen LogP contribution in [-0.4, -0.2) is 25.1 Å². The lowest BCUT2D eigenvalue weighted by Gasteiger charge is -2.20. The van der Waals surface area contributed by atoms with Gasteiger partial charge in [-0.05, 0) is 49.8 Å². The summed E-state index contributed by atoms with van der Waals surface area (Å²) in [5, 5.41) is 3.13. The molecule has 1 heterocycles. The Kier molecular flexibility index (Phi) is 6.84. The summed E-state index contributed by atoms with van der Waals surface area (Å²) in [6.07, 6.45) is 3.69. The van der Waals surface area contributed by atoms with Crippen LogP contribution in [0, 0.1) is 17.6 Å². The summed E-state index contributed by atoms with van der Waals surface area (Å²) >= 11 is 1.38. The number of thiophene rings is 1. The summed E-state index contributed by atoms with van der Waals surface area (Å²) in [5.74, 6) is -2.27. The SMILES string of the molecule is CCOC(=O)c1c(NC(=O)COc2ccc(F)cc2F)sc2c1CC[C@@H](CC)C2. The summed E-state index contributed by atoms with van der Waals surface area (Å²) in [6, 6.07) is 2.85. The minimum absolute atomic E-state index is 0.219. The first-order valence-corrected chi connectivity index (χ1v) is 10.4. The van der Waals surface area contributed by atoms with Crippen molar-refractivity contribution < 1.29 is 27.8 Å². The number of nitrogens with one attached hydrogen (secondary N) is 1. The van der Waals surface area contributed by atoms with E-state index < -0.39 is 30.1 Å². The molecular weight excluding hydrogens is 400 g/mol. The van der Waals surface area contributed by atoms with E-state index in [1.807, 2.05) is 0 Å². The molecule has 2 aromatic rings. The van der Waals surface area contributed by atoms with Crippen molar-refractivity contribution in [2.75, 3.05) is 18.5 Å². The molecule has 0 aliphatic heterocycles. The maximum atomic E-state index is 13.7. The van der Waals surface area contributed by atoms with Gasteiger partial charge in [-0.1, -0.05) is 13.3 Å². The number of fused-ring (bicyclic) bond motifs is 1. The summed E-state index contributed by atoms with van der Waals surface area (Å²) in [7, 11) is 0. The number of halogens is 2. The minimum atomic E-state index is -0.887. The molecule has 1 atom stereocenters. The van der Waals surface area contributed by atoms with E-state index in [1.165, 1.54) is 11.3 Å². The highest BCUT2D eigenvalue weighted by Gasteiger charge is 2.29. The van der Waals surface area contributed by atoms with E-state index in [-0.39, 0.29) is 12.4 Å². The topological polar surface area (TPSA) is 64.6 Å². The van der Waals surface area contributed by atoms with E-state index in [1.54, 1.807) is 6.92 Å². The third-order valence-corrected chi connectivity index (χ3v) is 6.10. The molecule has 0 saturated carbocycles. The zero-order valence-corrected chi connectivity index (χ0v) is 17.2. The number of hydrogen-bond donors (Lipinski definition) is 1. The Labute approximate surface area is 172 Å². The fourth-order valence-electron chi connectivity index (χ4n) is 3.41. The van der Waals surface area contributed by atoms with Crippen molar-refractivity contribution in [3.8, 4) is 5.75 Å². The Morgan fingerprint density at radius 1 is 1.28 bits per heavy atom. The number of benzene rings is 1. The summed E-state index contributed by atoms with van der Waals surface area (Å²) < 4.78 is 36.9. The Morgan fingerprint density at radius 2 is 2.07 bits per heavy atom. The van der Waals surface area contributed by atoms with Gasteiger partial charge in [0, 0.05) is 10.9 Å². The monoisotopic (exact) mass is 423 g/mol. The van der Waals surface area contributed by atoms with Gasteiger partial charge in [0.1, 0.15) is 10.8 Å². The summed E-state index contributed by atoms with van der Waals surface area (Å²) in [6.45, 7) is 3.64. The van der Waals surface area contributed by atoms with Crippen LogP contribution in [0.4, 0.5) is 13.8 Å². The third-order valence-electron chi connectivity index (χ3n) is 4.93. The molecule has 0 bridgehead atoms. The van der Waals surface area contributed by atoms with Crippen LogP contribution >= 0.6 is 11.3 Å². The predicted molar refractivity (Wildman–Crippen MR) is 107 cm³/mol. The predicted octanol–water partition coefficient (Wildman–Crippen LogP) is 4.74. The molecule has 156 valence electrons. The largest absolute Gasteiger partial charge is 0.481 e. The number of anilines is 1. The Morgan fingerprint density at radius 3 is 2.76 bits per heavy atom. The van der Waals surface area contributed by atoms with E-state index in [0.717, 1.165) is 48.3 Å². The highest BCUT2D eigenvalue weighted by Crippen LogP contribution is 2.40. The smallest absolute Gasteiger partial charge is 0.341 e. The van der Waals surface area contributed by atoms with Gasteiger partial charge < -0.3 is 14.8 Å². The van der Waals surface area contributed by atoms with Crippen LogP contribution in [0.1, 0.15) is 47.5 Å². The van der Waals surface area contributed by atoms with Gasteiger partial charge in [0.05, 0.1) is 12.2 Å². The molecule has 3 rings (SSSR count). The molecule has 1 aromatic carbocycles. The molecule has 29 heavy (non-hydrogen) atoms. The van der Waals surface area contributed by atoms with Crippen LogP contribution in [0.5, 0.6) is 5.75 Å². The van der Waals surface area contributed by atoms with Crippen LogP contribution in [-0.2, 0) is 22.4 Å². The Hall–Kier alpha value is -2.48. The molecule has 8 heteroatoms. The fourth-order valence-corrected chi connectivity index (χ4v) is 4.77. The molecule has 1 amide bonds. The van der Waals surface area contributed by atoms with Crippen molar-refractivity contribution in [1.29, 1.82) is 0 Å². The van der Waals surface area contributed by atoms with Gasteiger partial charge in [0.25, 0.3) is 5.91 Å². The molecule has 0 saturated heterocycles. The first-order valence-electron chi connectivity index (χ1n) is 9.62. The summed E-state index contributed by atoms with van der Waals surface area (Å²) in [4.78, 5) is 25.9. The number of rotatable bonds is 7. The van der Waals surface area contributed by atoms with Crippen molar-refractivity contribution in [1.82, 2.24) is 0 Å². The molecular formula is C21H23F2NO4S. The van der Waals surface area contributed by atoms with Crippen molar-refractivity contribution >= 4 is 28.2 Å². The van der Waals surface area contributed by atoms with Gasteiger partial charge in [0.2, 0.25) is 0 Å². The number of hydrogen-bond acceptors (Lipinski definition) is 5. The van der Waals surface area contributed by atoms with Gasteiger partial charge in [0.15, 0.2) is 18.2 Å². The number of amides is 1. The molecule has 1 aliphatic carbocycles. The molecule has 1 aromatic heterocycles. The van der Waals surface area contributed by atoms with Crippen LogP contribution < -0.4 is 10.1 Å². The van der Waals surface area contributed by atoms with Gasteiger partial charge in [-0.2, -0.15) is 0 Å². The number of ether oxygens (including phenoxy) is 2. The fraction of sp³-hybridized carbons (Fsp3) is 0.429. The summed E-state index contributed by atoms with van der Waals surface area (Å²) in [5.41, 5.74) is 1.35. The lowest BCUT2D eigenvalue weighted by Crippen LogP contribution is -2.22. The van der Waals surface area contributed by atoms with Crippen molar-refractivity contribution in [3.63, 3.8) is 0 Å². The number of esters is 1. The zero-order valence-electron chi connectivity index (χ0n) is 16.3. The molecule has 0 radical (unpaired) electrons. The zero-order chi connectivity index (χ0) is 21.0. The van der Waals surface area contributed by atoms with E-state index in [4.69, 9.17) is 9.47 Å². The highest BCUT2D eigenvalue weighted by molar-refractivity contribution is 7.17. The van der Waals surface area contributed by atoms with Crippen LogP contribution in [0.2, 0.25) is 0 Å². The van der Waals surface area contributed by atoms with Gasteiger partial charge in [-0.3, -0.25) is 4.79 Å². The second-order valence-electron chi connectivity index (χ2n) is 6.86. The Balaban J connectivity index is 1.75. The molecule has 5 nitrogen and oxygen atoms in total. The maximum Gasteiger partial charge on any atom is 0.341 e. The standard InChI is InChI=1S/C21H23F2NO4S/c1-3-12-5-7-14-17(9-12)29-20(19(14)21(26)27-4-2)24-18(25)11-28-16-8-6-13(22)10-15(16)23/h6,8,10,12H,3-5,7,9,11H2,1-2H3,(H,24,25)/t12-/m1/s1. The van der Waals surface area contributed by atoms with Crippen molar-refractivity contribution in [2.24, 2.45) is 5.92 Å². The Bertz CT molecular complexity index is 912. The van der Waals surface area contributed by atoms with Gasteiger partial charge in [-0.25, -0.2) is 13.6 Å². The van der Waals surface area contributed by atoms with Crippen molar-refractivity contribution in [3.05, 3.63) is 45.8 Å². The lowest BCUT2D eigenvalue weighted by molar-refractivity contribution is -0.118. The van der Waals surface area contributed by atoms with Crippen LogP contribution in [0.25, 0.3) is 0 Å². The maximum absolute atomic E-state index is 13.7.